The van der Waals surface area contributed by atoms with Crippen LogP contribution in [0.15, 0.2) is 71.6 Å². The van der Waals surface area contributed by atoms with Crippen molar-refractivity contribution in [2.24, 2.45) is 0 Å². The second kappa shape index (κ2) is 5.95. The van der Waals surface area contributed by atoms with Gasteiger partial charge in [-0.1, -0.05) is 36.4 Å². The van der Waals surface area contributed by atoms with Gasteiger partial charge in [0.05, 0.1) is 9.82 Å². The molecular formula is C16H11NO4S. The number of benzene rings is 3. The van der Waals surface area contributed by atoms with Crippen LogP contribution in [0.3, 0.4) is 0 Å². The summed E-state index contributed by atoms with van der Waals surface area (Å²) < 4.78 is 17.8. The average Bonchev–Trinajstić information content (AvgIpc) is 2.54. The minimum Gasteiger partial charge on any atom is -0.397 e. The Morgan fingerprint density at radius 3 is 2.32 bits per heavy atom. The first-order valence-electron chi connectivity index (χ1n) is 6.47. The summed E-state index contributed by atoms with van der Waals surface area (Å²) in [6.07, 6.45) is 0. The Kier molecular flexibility index (Phi) is 3.84. The van der Waals surface area contributed by atoms with Crippen LogP contribution < -0.4 is 4.18 Å². The maximum Gasteiger partial charge on any atom is 0.269 e. The van der Waals surface area contributed by atoms with Gasteiger partial charge >= 0.3 is 0 Å². The molecule has 3 rings (SSSR count). The largest absolute Gasteiger partial charge is 0.397 e. The van der Waals surface area contributed by atoms with Crippen molar-refractivity contribution in [2.75, 3.05) is 0 Å². The second-order valence-electron chi connectivity index (χ2n) is 4.55. The van der Waals surface area contributed by atoms with Crippen molar-refractivity contribution in [3.05, 3.63) is 76.8 Å². The van der Waals surface area contributed by atoms with Crippen molar-refractivity contribution in [3.8, 4) is 5.75 Å². The van der Waals surface area contributed by atoms with Crippen LogP contribution in [0.1, 0.15) is 0 Å². The number of nitro groups is 1. The first kappa shape index (κ1) is 14.2. The fraction of sp³-hybridized carbons (Fsp3) is 0. The number of hydrogen-bond acceptors (Lipinski definition) is 4. The van der Waals surface area contributed by atoms with Gasteiger partial charge in [-0.05, 0) is 23.6 Å². The molecule has 0 fully saturated rings. The van der Waals surface area contributed by atoms with E-state index in [0.29, 0.717) is 10.6 Å². The van der Waals surface area contributed by atoms with E-state index < -0.39 is 16.0 Å². The molecule has 0 bridgehead atoms. The van der Waals surface area contributed by atoms with Crippen LogP contribution in [0.5, 0.6) is 5.75 Å². The number of rotatable bonds is 4. The van der Waals surface area contributed by atoms with Gasteiger partial charge in [0.1, 0.15) is 5.75 Å². The molecule has 1 unspecified atom stereocenters. The van der Waals surface area contributed by atoms with Crippen LogP contribution in [0.2, 0.25) is 0 Å². The predicted molar refractivity (Wildman–Crippen MR) is 84.1 cm³/mol. The van der Waals surface area contributed by atoms with Crippen molar-refractivity contribution < 1.29 is 13.3 Å². The molecule has 0 saturated heterocycles. The summed E-state index contributed by atoms with van der Waals surface area (Å²) in [5.41, 5.74) is -0.0386. The van der Waals surface area contributed by atoms with Gasteiger partial charge in [-0.2, -0.15) is 0 Å². The maximum atomic E-state index is 12.4. The van der Waals surface area contributed by atoms with E-state index in [2.05, 4.69) is 0 Å². The lowest BCUT2D eigenvalue weighted by Gasteiger charge is -2.07. The minimum atomic E-state index is -1.70. The van der Waals surface area contributed by atoms with E-state index in [0.717, 1.165) is 10.8 Å². The topological polar surface area (TPSA) is 69.4 Å². The molecule has 0 spiro atoms. The molecular weight excluding hydrogens is 302 g/mol. The fourth-order valence-electron chi connectivity index (χ4n) is 2.10. The third kappa shape index (κ3) is 2.82. The smallest absolute Gasteiger partial charge is 0.269 e. The lowest BCUT2D eigenvalue weighted by molar-refractivity contribution is -0.384. The standard InChI is InChI=1S/C16H11NO4S/c18-17(19)13-8-10-14(11-9-13)21-22(20)16-7-3-5-12-4-1-2-6-15(12)16/h1-11H. The zero-order valence-electron chi connectivity index (χ0n) is 11.3. The molecule has 3 aromatic rings. The van der Waals surface area contributed by atoms with Gasteiger partial charge in [-0.25, -0.2) is 4.21 Å². The average molecular weight is 313 g/mol. The number of hydrogen-bond donors (Lipinski definition) is 0. The van der Waals surface area contributed by atoms with Crippen molar-refractivity contribution in [2.45, 2.75) is 4.90 Å². The van der Waals surface area contributed by atoms with Gasteiger partial charge in [0.15, 0.2) is 0 Å². The zero-order valence-corrected chi connectivity index (χ0v) is 12.2. The Balaban J connectivity index is 1.89. The molecule has 0 aliphatic rings. The van der Waals surface area contributed by atoms with E-state index in [4.69, 9.17) is 4.18 Å². The molecule has 3 aromatic carbocycles. The Labute approximate surface area is 129 Å². The van der Waals surface area contributed by atoms with Crippen LogP contribution in [0.25, 0.3) is 10.8 Å². The van der Waals surface area contributed by atoms with Crippen molar-refractivity contribution >= 4 is 27.5 Å². The summed E-state index contributed by atoms with van der Waals surface area (Å²) in [6, 6.07) is 18.6. The number of nitrogens with zero attached hydrogens (tertiary/aromatic N) is 1. The molecule has 1 atom stereocenters. The highest BCUT2D eigenvalue weighted by atomic mass is 32.2. The summed E-state index contributed by atoms with van der Waals surface area (Å²) >= 11 is -1.70. The van der Waals surface area contributed by atoms with Crippen LogP contribution >= 0.6 is 0 Å². The van der Waals surface area contributed by atoms with Gasteiger partial charge in [0, 0.05) is 17.5 Å². The highest BCUT2D eigenvalue weighted by Gasteiger charge is 2.11. The van der Waals surface area contributed by atoms with E-state index in [-0.39, 0.29) is 5.69 Å². The Hall–Kier alpha value is -2.73. The lowest BCUT2D eigenvalue weighted by Crippen LogP contribution is -2.01. The third-order valence-corrected chi connectivity index (χ3v) is 4.21. The number of non-ortho nitro benzene ring substituents is 1. The molecule has 6 heteroatoms. The molecule has 0 saturated carbocycles. The zero-order chi connectivity index (χ0) is 15.5. The minimum absolute atomic E-state index is 0.0386. The highest BCUT2D eigenvalue weighted by molar-refractivity contribution is 7.80. The van der Waals surface area contributed by atoms with Gasteiger partial charge in [-0.3, -0.25) is 10.1 Å². The quantitative estimate of drug-likeness (QED) is 0.542. The van der Waals surface area contributed by atoms with E-state index in [1.54, 1.807) is 6.07 Å². The predicted octanol–water partition coefficient (Wildman–Crippen LogP) is 3.85. The van der Waals surface area contributed by atoms with E-state index in [1.165, 1.54) is 24.3 Å². The van der Waals surface area contributed by atoms with Crippen LogP contribution in [-0.2, 0) is 11.1 Å². The SMILES string of the molecule is O=[N+]([O-])c1ccc(OS(=O)c2cccc3ccccc23)cc1. The normalized spacial score (nSPS) is 12.0. The third-order valence-electron chi connectivity index (χ3n) is 3.15. The Morgan fingerprint density at radius 1 is 0.909 bits per heavy atom. The monoisotopic (exact) mass is 313 g/mol. The second-order valence-corrected chi connectivity index (χ2v) is 5.62. The summed E-state index contributed by atoms with van der Waals surface area (Å²) in [7, 11) is 0. The van der Waals surface area contributed by atoms with Crippen molar-refractivity contribution in [1.82, 2.24) is 0 Å². The molecule has 110 valence electrons. The Morgan fingerprint density at radius 2 is 1.59 bits per heavy atom. The molecule has 0 radical (unpaired) electrons. The maximum absolute atomic E-state index is 12.4. The van der Waals surface area contributed by atoms with Gasteiger partial charge in [-0.15, -0.1) is 0 Å². The number of nitro benzene ring substituents is 1. The molecule has 0 amide bonds. The van der Waals surface area contributed by atoms with E-state index in [1.807, 2.05) is 36.4 Å². The van der Waals surface area contributed by atoms with Crippen molar-refractivity contribution in [1.29, 1.82) is 0 Å². The van der Waals surface area contributed by atoms with Crippen LogP contribution in [-0.4, -0.2) is 9.13 Å². The molecule has 0 heterocycles. The summed E-state index contributed by atoms with van der Waals surface area (Å²) in [6.45, 7) is 0. The molecule has 0 aliphatic heterocycles. The van der Waals surface area contributed by atoms with E-state index in [9.17, 15) is 14.3 Å². The first-order chi connectivity index (χ1) is 10.6. The highest BCUT2D eigenvalue weighted by Crippen LogP contribution is 2.24. The number of fused-ring (bicyclic) bond motifs is 1. The van der Waals surface area contributed by atoms with Crippen LogP contribution in [0.4, 0.5) is 5.69 Å². The van der Waals surface area contributed by atoms with Gasteiger partial charge < -0.3 is 4.18 Å². The van der Waals surface area contributed by atoms with Crippen molar-refractivity contribution in [3.63, 3.8) is 0 Å². The molecule has 22 heavy (non-hydrogen) atoms. The van der Waals surface area contributed by atoms with Gasteiger partial charge in [0.25, 0.3) is 5.69 Å². The van der Waals surface area contributed by atoms with E-state index >= 15 is 0 Å². The summed E-state index contributed by atoms with van der Waals surface area (Å²) in [5.74, 6) is 0.317. The Bertz CT molecular complexity index is 856. The first-order valence-corrected chi connectivity index (χ1v) is 7.55. The lowest BCUT2D eigenvalue weighted by atomic mass is 10.1. The molecule has 0 aromatic heterocycles. The fourth-order valence-corrected chi connectivity index (χ4v) is 3.03. The summed E-state index contributed by atoms with van der Waals surface area (Å²) in [4.78, 5) is 10.7. The van der Waals surface area contributed by atoms with Crippen LogP contribution in [0, 0.1) is 10.1 Å². The molecule has 0 aliphatic carbocycles. The molecule has 0 N–H and O–H groups in total. The van der Waals surface area contributed by atoms with Gasteiger partial charge in [0.2, 0.25) is 11.1 Å². The molecule has 5 nitrogen and oxygen atoms in total. The summed E-state index contributed by atoms with van der Waals surface area (Å²) in [5, 5.41) is 12.4.